The third kappa shape index (κ3) is 3.59. The zero-order valence-electron chi connectivity index (χ0n) is 15.5. The molecule has 0 unspecified atom stereocenters. The highest BCUT2D eigenvalue weighted by molar-refractivity contribution is 7.19. The van der Waals surface area contributed by atoms with Gasteiger partial charge in [-0.3, -0.25) is 4.79 Å². The number of nitrogens with zero attached hydrogens (tertiary/aromatic N) is 4. The molecule has 0 saturated carbocycles. The van der Waals surface area contributed by atoms with Gasteiger partial charge in [0.2, 0.25) is 4.96 Å². The van der Waals surface area contributed by atoms with Crippen molar-refractivity contribution < 1.29 is 9.53 Å². The first-order valence-electron chi connectivity index (χ1n) is 9.03. The lowest BCUT2D eigenvalue weighted by Crippen LogP contribution is -2.11. The predicted molar refractivity (Wildman–Crippen MR) is 109 cm³/mol. The summed E-state index contributed by atoms with van der Waals surface area (Å²) in [6.07, 6.45) is 0.779. The Kier molecular flexibility index (Phi) is 5.03. The van der Waals surface area contributed by atoms with Crippen LogP contribution in [0.3, 0.4) is 0 Å². The molecular weight excluding hydrogens is 374 g/mol. The van der Waals surface area contributed by atoms with Crippen molar-refractivity contribution in [1.82, 2.24) is 19.8 Å². The van der Waals surface area contributed by atoms with E-state index >= 15 is 0 Å². The number of amides is 1. The fourth-order valence-electron chi connectivity index (χ4n) is 2.76. The van der Waals surface area contributed by atoms with E-state index in [1.807, 2.05) is 38.1 Å². The monoisotopic (exact) mass is 393 g/mol. The number of aromatic nitrogens is 4. The van der Waals surface area contributed by atoms with Gasteiger partial charge in [-0.1, -0.05) is 18.3 Å². The number of carbonyl (C=O) groups is 1. The maximum absolute atomic E-state index is 12.4. The summed E-state index contributed by atoms with van der Waals surface area (Å²) in [5.41, 5.74) is 2.27. The number of hydrogen-bond donors (Lipinski definition) is 1. The summed E-state index contributed by atoms with van der Waals surface area (Å²) in [6.45, 7) is 4.55. The maximum atomic E-state index is 12.4. The van der Waals surface area contributed by atoms with E-state index in [0.29, 0.717) is 12.2 Å². The van der Waals surface area contributed by atoms with Gasteiger partial charge in [-0.25, -0.2) is 0 Å². The number of carbonyl (C=O) groups excluding carboxylic acids is 1. The Balaban J connectivity index is 1.47. The number of rotatable bonds is 6. The van der Waals surface area contributed by atoms with Crippen LogP contribution in [0.2, 0.25) is 0 Å². The highest BCUT2D eigenvalue weighted by Gasteiger charge is 2.12. The van der Waals surface area contributed by atoms with Crippen molar-refractivity contribution in [3.05, 3.63) is 59.9 Å². The molecule has 0 fully saturated rings. The van der Waals surface area contributed by atoms with Crippen LogP contribution in [0.4, 0.5) is 5.69 Å². The molecule has 4 rings (SSSR count). The molecule has 4 aromatic rings. The van der Waals surface area contributed by atoms with Crippen LogP contribution in [0.1, 0.15) is 30.0 Å². The number of aryl methyl sites for hydroxylation is 1. The second-order valence-corrected chi connectivity index (χ2v) is 7.02. The fraction of sp³-hybridized carbons (Fsp3) is 0.200. The molecule has 0 spiro atoms. The standard InChI is InChI=1S/C20H19N5O2S/c1-3-17-22-23-20-25(17)24-19(28-20)14-5-9-15(10-6-14)21-18(26)13-7-11-16(12-8-13)27-4-2/h5-12H,3-4H2,1-2H3,(H,21,26). The van der Waals surface area contributed by atoms with Crippen LogP contribution >= 0.6 is 11.3 Å². The molecule has 2 aromatic heterocycles. The summed E-state index contributed by atoms with van der Waals surface area (Å²) in [4.78, 5) is 13.2. The van der Waals surface area contributed by atoms with Gasteiger partial charge in [0.25, 0.3) is 5.91 Å². The third-order valence-electron chi connectivity index (χ3n) is 4.19. The summed E-state index contributed by atoms with van der Waals surface area (Å²) in [7, 11) is 0. The van der Waals surface area contributed by atoms with Gasteiger partial charge in [0.05, 0.1) is 6.61 Å². The number of anilines is 1. The topological polar surface area (TPSA) is 81.4 Å². The lowest BCUT2D eigenvalue weighted by atomic mass is 10.2. The van der Waals surface area contributed by atoms with Crippen molar-refractivity contribution in [3.8, 4) is 16.3 Å². The van der Waals surface area contributed by atoms with Gasteiger partial charge < -0.3 is 10.1 Å². The molecule has 1 N–H and O–H groups in total. The molecule has 0 atom stereocenters. The molecule has 1 amide bonds. The first-order valence-corrected chi connectivity index (χ1v) is 9.85. The Hall–Kier alpha value is -3.26. The van der Waals surface area contributed by atoms with E-state index in [0.717, 1.165) is 39.2 Å². The van der Waals surface area contributed by atoms with Gasteiger partial charge in [-0.2, -0.15) is 9.61 Å². The quantitative estimate of drug-likeness (QED) is 0.534. The number of nitrogens with one attached hydrogen (secondary N) is 1. The van der Waals surface area contributed by atoms with Crippen LogP contribution in [0.15, 0.2) is 48.5 Å². The molecule has 7 nitrogen and oxygen atoms in total. The van der Waals surface area contributed by atoms with Crippen molar-refractivity contribution >= 4 is 27.9 Å². The van der Waals surface area contributed by atoms with E-state index in [-0.39, 0.29) is 5.91 Å². The summed E-state index contributed by atoms with van der Waals surface area (Å²) in [6, 6.07) is 14.7. The Labute approximate surface area is 166 Å². The number of fused-ring (bicyclic) bond motifs is 1. The smallest absolute Gasteiger partial charge is 0.255 e. The minimum Gasteiger partial charge on any atom is -0.494 e. The van der Waals surface area contributed by atoms with Crippen LogP contribution in [-0.2, 0) is 6.42 Å². The minimum atomic E-state index is -0.165. The molecule has 0 aliphatic rings. The molecule has 2 aromatic carbocycles. The van der Waals surface area contributed by atoms with Gasteiger partial charge >= 0.3 is 0 Å². The SMILES string of the molecule is CCOc1ccc(C(=O)Nc2ccc(-c3nn4c(CC)nnc4s3)cc2)cc1. The first-order chi connectivity index (χ1) is 13.7. The molecule has 0 aliphatic heterocycles. The molecule has 2 heterocycles. The first kappa shape index (κ1) is 18.1. The predicted octanol–water partition coefficient (Wildman–Crippen LogP) is 4.07. The lowest BCUT2D eigenvalue weighted by Gasteiger charge is -2.07. The molecular formula is C20H19N5O2S. The van der Waals surface area contributed by atoms with Crippen molar-refractivity contribution in [1.29, 1.82) is 0 Å². The molecule has 0 aliphatic carbocycles. The van der Waals surface area contributed by atoms with E-state index in [1.165, 1.54) is 11.3 Å². The van der Waals surface area contributed by atoms with Crippen molar-refractivity contribution in [2.24, 2.45) is 0 Å². The summed E-state index contributed by atoms with van der Waals surface area (Å²) >= 11 is 1.49. The van der Waals surface area contributed by atoms with Crippen LogP contribution < -0.4 is 10.1 Å². The molecule has 142 valence electrons. The highest BCUT2D eigenvalue weighted by Crippen LogP contribution is 2.27. The molecule has 8 heteroatoms. The average Bonchev–Trinajstić information content (AvgIpc) is 3.30. The summed E-state index contributed by atoms with van der Waals surface area (Å²) in [5, 5.41) is 16.6. The minimum absolute atomic E-state index is 0.165. The lowest BCUT2D eigenvalue weighted by molar-refractivity contribution is 0.102. The fourth-order valence-corrected chi connectivity index (χ4v) is 3.63. The van der Waals surface area contributed by atoms with Crippen molar-refractivity contribution in [3.63, 3.8) is 0 Å². The van der Waals surface area contributed by atoms with Crippen molar-refractivity contribution in [2.75, 3.05) is 11.9 Å². The van der Waals surface area contributed by atoms with Crippen molar-refractivity contribution in [2.45, 2.75) is 20.3 Å². The van der Waals surface area contributed by atoms with E-state index in [1.54, 1.807) is 28.8 Å². The molecule has 0 saturated heterocycles. The summed E-state index contributed by atoms with van der Waals surface area (Å²) in [5.74, 6) is 1.43. The Bertz CT molecular complexity index is 1100. The van der Waals surface area contributed by atoms with Gasteiger partial charge in [0, 0.05) is 23.2 Å². The third-order valence-corrected chi connectivity index (χ3v) is 5.14. The average molecular weight is 393 g/mol. The van der Waals surface area contributed by atoms with Gasteiger partial charge in [0.1, 0.15) is 10.8 Å². The van der Waals surface area contributed by atoms with Crippen LogP contribution in [0.25, 0.3) is 15.5 Å². The van der Waals surface area contributed by atoms with E-state index in [2.05, 4.69) is 20.6 Å². The second-order valence-electron chi connectivity index (χ2n) is 6.06. The number of benzene rings is 2. The zero-order chi connectivity index (χ0) is 19.5. The summed E-state index contributed by atoms with van der Waals surface area (Å²) < 4.78 is 7.18. The number of ether oxygens (including phenoxy) is 1. The largest absolute Gasteiger partial charge is 0.494 e. The van der Waals surface area contributed by atoms with E-state index < -0.39 is 0 Å². The van der Waals surface area contributed by atoms with Gasteiger partial charge in [-0.05, 0) is 55.5 Å². The van der Waals surface area contributed by atoms with E-state index in [9.17, 15) is 4.79 Å². The maximum Gasteiger partial charge on any atom is 0.255 e. The Morgan fingerprint density at radius 3 is 2.50 bits per heavy atom. The Morgan fingerprint density at radius 1 is 1.07 bits per heavy atom. The van der Waals surface area contributed by atoms with E-state index in [4.69, 9.17) is 4.74 Å². The van der Waals surface area contributed by atoms with Crippen LogP contribution in [0, 0.1) is 0 Å². The zero-order valence-corrected chi connectivity index (χ0v) is 16.4. The van der Waals surface area contributed by atoms with Gasteiger partial charge in [-0.15, -0.1) is 10.2 Å². The van der Waals surface area contributed by atoms with Crippen LogP contribution in [-0.4, -0.2) is 32.3 Å². The van der Waals surface area contributed by atoms with Gasteiger partial charge in [0.15, 0.2) is 5.82 Å². The highest BCUT2D eigenvalue weighted by atomic mass is 32.1. The Morgan fingerprint density at radius 2 is 1.82 bits per heavy atom. The molecule has 0 bridgehead atoms. The molecule has 28 heavy (non-hydrogen) atoms. The number of hydrogen-bond acceptors (Lipinski definition) is 6. The second kappa shape index (κ2) is 7.77. The normalized spacial score (nSPS) is 10.9. The van der Waals surface area contributed by atoms with Crippen LogP contribution in [0.5, 0.6) is 5.75 Å². The molecule has 0 radical (unpaired) electrons.